The van der Waals surface area contributed by atoms with Crippen LogP contribution in [0.2, 0.25) is 0 Å². The van der Waals surface area contributed by atoms with E-state index in [0.29, 0.717) is 0 Å². The van der Waals surface area contributed by atoms with Crippen LogP contribution in [0.3, 0.4) is 0 Å². The van der Waals surface area contributed by atoms with E-state index < -0.39 is 0 Å². The van der Waals surface area contributed by atoms with Crippen LogP contribution in [-0.2, 0) is 13.1 Å². The lowest BCUT2D eigenvalue weighted by Gasteiger charge is -2.08. The summed E-state index contributed by atoms with van der Waals surface area (Å²) in [5.74, 6) is 1.93. The van der Waals surface area contributed by atoms with Crippen LogP contribution in [0.15, 0.2) is 24.5 Å². The fourth-order valence-corrected chi connectivity index (χ4v) is 1.74. The van der Waals surface area contributed by atoms with Gasteiger partial charge in [0.25, 0.3) is 0 Å². The molecule has 0 spiro atoms. The molecule has 5 heteroatoms. The van der Waals surface area contributed by atoms with E-state index in [1.54, 1.807) is 6.20 Å². The van der Waals surface area contributed by atoms with Gasteiger partial charge in [-0.2, -0.15) is 10.2 Å². The van der Waals surface area contributed by atoms with E-state index in [1.165, 1.54) is 12.8 Å². The summed E-state index contributed by atoms with van der Waals surface area (Å²) in [6.45, 7) is 1.80. The fourth-order valence-electron chi connectivity index (χ4n) is 1.74. The molecule has 2 N–H and O–H groups in total. The Morgan fingerprint density at radius 2 is 2.31 bits per heavy atom. The van der Waals surface area contributed by atoms with Crippen molar-refractivity contribution in [2.45, 2.75) is 25.9 Å². The smallest absolute Gasteiger partial charge is 0.124 e. The van der Waals surface area contributed by atoms with E-state index in [-0.39, 0.29) is 0 Å². The third-order valence-corrected chi connectivity index (χ3v) is 2.86. The van der Waals surface area contributed by atoms with Crippen molar-refractivity contribution in [2.75, 3.05) is 5.32 Å². The van der Waals surface area contributed by atoms with Crippen LogP contribution in [0.1, 0.15) is 18.5 Å². The maximum atomic E-state index is 4.32. The number of nitrogens with zero attached hydrogens (tertiary/aromatic N) is 3. The Balaban J connectivity index is 1.62. The molecule has 2 aromatic rings. The maximum absolute atomic E-state index is 4.32. The number of rotatable bonds is 5. The quantitative estimate of drug-likeness (QED) is 0.800. The molecule has 5 nitrogen and oxygen atoms in total. The van der Waals surface area contributed by atoms with E-state index in [2.05, 4.69) is 20.6 Å². The average Bonchev–Trinajstić information content (AvgIpc) is 2.80. The molecule has 1 fully saturated rings. The van der Waals surface area contributed by atoms with Crippen LogP contribution in [-0.4, -0.2) is 20.0 Å². The number of aromatic nitrogens is 4. The summed E-state index contributed by atoms with van der Waals surface area (Å²) in [7, 11) is 0. The first-order chi connectivity index (χ1) is 7.92. The molecule has 84 valence electrons. The van der Waals surface area contributed by atoms with Crippen LogP contribution in [0, 0.1) is 5.92 Å². The van der Waals surface area contributed by atoms with Crippen LogP contribution in [0.5, 0.6) is 0 Å². The summed E-state index contributed by atoms with van der Waals surface area (Å²) < 4.78 is 2.05. The summed E-state index contributed by atoms with van der Waals surface area (Å²) >= 11 is 0. The molecule has 0 bridgehead atoms. The van der Waals surface area contributed by atoms with Gasteiger partial charge in [0.1, 0.15) is 5.82 Å². The number of nitrogens with one attached hydrogen (secondary N) is 2. The number of aromatic amines is 1. The second kappa shape index (κ2) is 4.00. The summed E-state index contributed by atoms with van der Waals surface area (Å²) in [5, 5.41) is 14.5. The Morgan fingerprint density at radius 1 is 1.38 bits per heavy atom. The average molecular weight is 217 g/mol. The molecule has 0 aromatic carbocycles. The first kappa shape index (κ1) is 9.45. The molecule has 0 saturated heterocycles. The van der Waals surface area contributed by atoms with E-state index >= 15 is 0 Å². The lowest BCUT2D eigenvalue weighted by atomic mass is 10.4. The van der Waals surface area contributed by atoms with Gasteiger partial charge in [0, 0.05) is 18.8 Å². The SMILES string of the molecule is c1cc(CNc2ccnn2CC2CC2)[nH]n1. The van der Waals surface area contributed by atoms with Gasteiger partial charge in [-0.15, -0.1) is 0 Å². The Hall–Kier alpha value is -1.78. The molecule has 1 aliphatic rings. The topological polar surface area (TPSA) is 58.5 Å². The molecule has 1 aliphatic carbocycles. The van der Waals surface area contributed by atoms with Gasteiger partial charge in [-0.1, -0.05) is 0 Å². The molecule has 0 amide bonds. The zero-order valence-electron chi connectivity index (χ0n) is 9.06. The second-order valence-electron chi connectivity index (χ2n) is 4.28. The largest absolute Gasteiger partial charge is 0.365 e. The normalized spacial score (nSPS) is 15.2. The van der Waals surface area contributed by atoms with Gasteiger partial charge in [0.15, 0.2) is 0 Å². The van der Waals surface area contributed by atoms with Crippen molar-refractivity contribution in [1.82, 2.24) is 20.0 Å². The molecule has 2 aromatic heterocycles. The molecule has 1 saturated carbocycles. The highest BCUT2D eigenvalue weighted by Crippen LogP contribution is 2.31. The Kier molecular flexibility index (Phi) is 2.36. The lowest BCUT2D eigenvalue weighted by molar-refractivity contribution is 0.567. The fraction of sp³-hybridized carbons (Fsp3) is 0.455. The first-order valence-electron chi connectivity index (χ1n) is 5.66. The van der Waals surface area contributed by atoms with E-state index in [4.69, 9.17) is 0 Å². The Bertz CT molecular complexity index is 441. The number of anilines is 1. The first-order valence-corrected chi connectivity index (χ1v) is 5.66. The predicted octanol–water partition coefficient (Wildman–Crippen LogP) is 1.63. The van der Waals surface area contributed by atoms with E-state index in [9.17, 15) is 0 Å². The molecule has 16 heavy (non-hydrogen) atoms. The minimum Gasteiger partial charge on any atom is -0.365 e. The standard InChI is InChI=1S/C11H15N5/c1-2-9(1)8-16-11(4-6-14-16)12-7-10-3-5-13-15-10/h3-6,9,12H,1-2,7-8H2,(H,13,15). The molecule has 0 atom stereocenters. The van der Waals surface area contributed by atoms with Crippen LogP contribution in [0.25, 0.3) is 0 Å². The van der Waals surface area contributed by atoms with E-state index in [0.717, 1.165) is 30.5 Å². The van der Waals surface area contributed by atoms with E-state index in [1.807, 2.05) is 23.0 Å². The highest BCUT2D eigenvalue weighted by Gasteiger charge is 2.22. The van der Waals surface area contributed by atoms with Crippen molar-refractivity contribution in [2.24, 2.45) is 5.92 Å². The molecule has 0 aliphatic heterocycles. The van der Waals surface area contributed by atoms with Crippen molar-refractivity contribution >= 4 is 5.82 Å². The zero-order chi connectivity index (χ0) is 10.8. The lowest BCUT2D eigenvalue weighted by Crippen LogP contribution is -2.09. The highest BCUT2D eigenvalue weighted by molar-refractivity contribution is 5.34. The molecular weight excluding hydrogens is 202 g/mol. The summed E-state index contributed by atoms with van der Waals surface area (Å²) in [6, 6.07) is 3.98. The third-order valence-electron chi connectivity index (χ3n) is 2.86. The van der Waals surface area contributed by atoms with Gasteiger partial charge < -0.3 is 5.32 Å². The minimum atomic E-state index is 0.760. The third kappa shape index (κ3) is 2.08. The van der Waals surface area contributed by atoms with Crippen molar-refractivity contribution in [1.29, 1.82) is 0 Å². The van der Waals surface area contributed by atoms with Crippen molar-refractivity contribution in [3.8, 4) is 0 Å². The summed E-state index contributed by atoms with van der Waals surface area (Å²) in [5.41, 5.74) is 1.08. The number of hydrogen-bond donors (Lipinski definition) is 2. The van der Waals surface area contributed by atoms with Gasteiger partial charge in [-0.25, -0.2) is 4.68 Å². The highest BCUT2D eigenvalue weighted by atomic mass is 15.3. The minimum absolute atomic E-state index is 0.760. The molecule has 0 unspecified atom stereocenters. The van der Waals surface area contributed by atoms with Gasteiger partial charge >= 0.3 is 0 Å². The zero-order valence-corrected chi connectivity index (χ0v) is 9.06. The number of hydrogen-bond acceptors (Lipinski definition) is 3. The van der Waals surface area contributed by atoms with Crippen molar-refractivity contribution < 1.29 is 0 Å². The van der Waals surface area contributed by atoms with Gasteiger partial charge in [-0.3, -0.25) is 5.10 Å². The van der Waals surface area contributed by atoms with Crippen LogP contribution < -0.4 is 5.32 Å². The molecule has 0 radical (unpaired) electrons. The van der Waals surface area contributed by atoms with Gasteiger partial charge in [-0.05, 0) is 24.8 Å². The maximum Gasteiger partial charge on any atom is 0.124 e. The Morgan fingerprint density at radius 3 is 3.06 bits per heavy atom. The van der Waals surface area contributed by atoms with Gasteiger partial charge in [0.05, 0.1) is 18.4 Å². The monoisotopic (exact) mass is 217 g/mol. The molecular formula is C11H15N5. The molecule has 3 rings (SSSR count). The second-order valence-corrected chi connectivity index (χ2v) is 4.28. The van der Waals surface area contributed by atoms with Crippen LogP contribution >= 0.6 is 0 Å². The molecule has 2 heterocycles. The summed E-state index contributed by atoms with van der Waals surface area (Å²) in [6.07, 6.45) is 6.30. The van der Waals surface area contributed by atoms with Crippen molar-refractivity contribution in [3.63, 3.8) is 0 Å². The van der Waals surface area contributed by atoms with Crippen molar-refractivity contribution in [3.05, 3.63) is 30.2 Å². The van der Waals surface area contributed by atoms with Crippen LogP contribution in [0.4, 0.5) is 5.82 Å². The predicted molar refractivity (Wildman–Crippen MR) is 60.9 cm³/mol. The number of H-pyrrole nitrogens is 1. The van der Waals surface area contributed by atoms with Gasteiger partial charge in [0.2, 0.25) is 0 Å². The summed E-state index contributed by atoms with van der Waals surface area (Å²) in [4.78, 5) is 0. The Labute approximate surface area is 93.9 Å².